The number of amides is 1. The second kappa shape index (κ2) is 3.65. The molecule has 0 unspecified atom stereocenters. The molecule has 57 valence electrons. The molecule has 0 bridgehead atoms. The fraction of sp³-hybridized carbons (Fsp3) is 0.286. The Bertz CT molecular complexity index is 232. The second-order valence-electron chi connectivity index (χ2n) is 2.10. The molecule has 1 N–H and O–H groups in total. The van der Waals surface area contributed by atoms with E-state index < -0.39 is 0 Å². The Morgan fingerprint density at radius 1 is 1.55 bits per heavy atom. The molecule has 0 aliphatic rings. The van der Waals surface area contributed by atoms with E-state index in [4.69, 9.17) is 0 Å². The van der Waals surface area contributed by atoms with Gasteiger partial charge in [-0.1, -0.05) is 0 Å². The first-order valence-corrected chi connectivity index (χ1v) is 3.20. The molecule has 0 saturated carbocycles. The summed E-state index contributed by atoms with van der Waals surface area (Å²) in [5, 5.41) is 2.38. The zero-order chi connectivity index (χ0) is 8.10. The van der Waals surface area contributed by atoms with Crippen molar-refractivity contribution in [2.75, 3.05) is 0 Å². The van der Waals surface area contributed by atoms with E-state index in [9.17, 15) is 4.79 Å². The van der Waals surface area contributed by atoms with E-state index in [0.717, 1.165) is 11.4 Å². The minimum Gasteiger partial charge on any atom is -0.342 e. The number of carbonyl (C=O) groups excluding carboxylic acids is 1. The van der Waals surface area contributed by atoms with Gasteiger partial charge in [0.25, 0.3) is 0 Å². The largest absolute Gasteiger partial charge is 0.342 e. The van der Waals surface area contributed by atoms with Crippen LogP contribution < -0.4 is 5.32 Å². The van der Waals surface area contributed by atoms with Crippen molar-refractivity contribution in [1.82, 2.24) is 15.3 Å². The number of hydrogen-bond donors (Lipinski definition) is 1. The van der Waals surface area contributed by atoms with Gasteiger partial charge >= 0.3 is 6.41 Å². The number of aryl methyl sites for hydroxylation is 1. The molecular weight excluding hydrogens is 142 g/mol. The molecule has 0 atom stereocenters. The van der Waals surface area contributed by atoms with E-state index in [1.165, 1.54) is 0 Å². The summed E-state index contributed by atoms with van der Waals surface area (Å²) in [6.07, 6.45) is 4.84. The monoisotopic (exact) mass is 150 g/mol. The van der Waals surface area contributed by atoms with Crippen LogP contribution in [0.5, 0.6) is 0 Å². The van der Waals surface area contributed by atoms with Crippen LogP contribution in [-0.4, -0.2) is 16.4 Å². The van der Waals surface area contributed by atoms with E-state index in [-0.39, 0.29) is 0 Å². The summed E-state index contributed by atoms with van der Waals surface area (Å²) in [6, 6.07) is 0. The number of hydrogen-bond acceptors (Lipinski definition) is 3. The van der Waals surface area contributed by atoms with Crippen LogP contribution in [0.3, 0.4) is 0 Å². The molecule has 1 radical (unpaired) electrons. The van der Waals surface area contributed by atoms with E-state index in [0.29, 0.717) is 6.54 Å². The van der Waals surface area contributed by atoms with Gasteiger partial charge in [-0.15, -0.1) is 0 Å². The van der Waals surface area contributed by atoms with Gasteiger partial charge in [0, 0.05) is 6.20 Å². The summed E-state index contributed by atoms with van der Waals surface area (Å²) in [7, 11) is 0. The van der Waals surface area contributed by atoms with Gasteiger partial charge in [0.05, 0.1) is 24.1 Å². The Hall–Kier alpha value is -1.45. The molecule has 1 aromatic rings. The van der Waals surface area contributed by atoms with Crippen molar-refractivity contribution in [1.29, 1.82) is 0 Å². The van der Waals surface area contributed by atoms with Crippen LogP contribution in [0.1, 0.15) is 11.4 Å². The van der Waals surface area contributed by atoms with Crippen LogP contribution in [0.4, 0.5) is 0 Å². The highest BCUT2D eigenvalue weighted by atomic mass is 16.1. The lowest BCUT2D eigenvalue weighted by Crippen LogP contribution is -2.11. The quantitative estimate of drug-likeness (QED) is 0.614. The Labute approximate surface area is 64.7 Å². The van der Waals surface area contributed by atoms with Gasteiger partial charge in [-0.2, -0.15) is 0 Å². The summed E-state index contributed by atoms with van der Waals surface area (Å²) in [4.78, 5) is 17.8. The average molecular weight is 150 g/mol. The van der Waals surface area contributed by atoms with Crippen molar-refractivity contribution >= 4 is 6.41 Å². The van der Waals surface area contributed by atoms with Crippen molar-refractivity contribution in [2.45, 2.75) is 13.5 Å². The second-order valence-corrected chi connectivity index (χ2v) is 2.10. The molecule has 0 saturated heterocycles. The summed E-state index contributed by atoms with van der Waals surface area (Å²) < 4.78 is 0. The fourth-order valence-electron chi connectivity index (χ4n) is 0.637. The van der Waals surface area contributed by atoms with Crippen LogP contribution in [0, 0.1) is 6.92 Å². The molecule has 0 aliphatic heterocycles. The van der Waals surface area contributed by atoms with Gasteiger partial charge in [-0.25, -0.2) is 0 Å². The zero-order valence-electron chi connectivity index (χ0n) is 6.16. The molecular formula is C7H8N3O. The molecule has 0 fully saturated rings. The highest BCUT2D eigenvalue weighted by Gasteiger charge is 1.92. The SMILES string of the molecule is Cc1cnc(CN[C]=O)cn1. The first-order valence-electron chi connectivity index (χ1n) is 3.20. The minimum atomic E-state index is 0.386. The van der Waals surface area contributed by atoms with Crippen LogP contribution >= 0.6 is 0 Å². The van der Waals surface area contributed by atoms with Crippen molar-refractivity contribution < 1.29 is 4.79 Å². The van der Waals surface area contributed by atoms with E-state index >= 15 is 0 Å². The van der Waals surface area contributed by atoms with Crippen molar-refractivity contribution in [2.24, 2.45) is 0 Å². The normalized spacial score (nSPS) is 9.18. The first kappa shape index (κ1) is 7.65. The highest BCUT2D eigenvalue weighted by molar-refractivity contribution is 5.46. The molecule has 4 nitrogen and oxygen atoms in total. The lowest BCUT2D eigenvalue weighted by molar-refractivity contribution is 0.541. The smallest absolute Gasteiger partial charge is 0.309 e. The van der Waals surface area contributed by atoms with Gasteiger partial charge in [0.15, 0.2) is 0 Å². The van der Waals surface area contributed by atoms with Crippen molar-refractivity contribution in [3.8, 4) is 0 Å². The van der Waals surface area contributed by atoms with Crippen LogP contribution in [0.25, 0.3) is 0 Å². The Balaban J connectivity index is 2.58. The summed E-state index contributed by atoms with van der Waals surface area (Å²) in [5.74, 6) is 0. The van der Waals surface area contributed by atoms with Gasteiger partial charge in [-0.3, -0.25) is 14.8 Å². The lowest BCUT2D eigenvalue weighted by atomic mass is 10.4. The minimum absolute atomic E-state index is 0.386. The van der Waals surface area contributed by atoms with Gasteiger partial charge < -0.3 is 5.32 Å². The molecule has 11 heavy (non-hydrogen) atoms. The van der Waals surface area contributed by atoms with Crippen molar-refractivity contribution in [3.05, 3.63) is 23.8 Å². The molecule has 1 amide bonds. The van der Waals surface area contributed by atoms with Crippen molar-refractivity contribution in [3.63, 3.8) is 0 Å². The van der Waals surface area contributed by atoms with Gasteiger partial charge in [0.2, 0.25) is 0 Å². The summed E-state index contributed by atoms with van der Waals surface area (Å²) in [6.45, 7) is 2.24. The number of rotatable bonds is 3. The van der Waals surface area contributed by atoms with Crippen LogP contribution in [0.15, 0.2) is 12.4 Å². The molecule has 1 aromatic heterocycles. The number of aromatic nitrogens is 2. The topological polar surface area (TPSA) is 54.9 Å². The Morgan fingerprint density at radius 3 is 2.91 bits per heavy atom. The highest BCUT2D eigenvalue weighted by Crippen LogP contribution is 1.91. The number of nitrogens with one attached hydrogen (secondary N) is 1. The lowest BCUT2D eigenvalue weighted by Gasteiger charge is -1.96. The maximum Gasteiger partial charge on any atom is 0.309 e. The van der Waals surface area contributed by atoms with E-state index in [1.807, 2.05) is 6.92 Å². The maximum atomic E-state index is 9.76. The molecule has 0 aromatic carbocycles. The Morgan fingerprint density at radius 2 is 2.36 bits per heavy atom. The first-order chi connectivity index (χ1) is 5.33. The van der Waals surface area contributed by atoms with Crippen LogP contribution in [0.2, 0.25) is 0 Å². The fourth-order valence-corrected chi connectivity index (χ4v) is 0.637. The molecule has 1 heterocycles. The summed E-state index contributed by atoms with van der Waals surface area (Å²) >= 11 is 0. The zero-order valence-corrected chi connectivity index (χ0v) is 6.16. The third kappa shape index (κ3) is 2.33. The number of nitrogens with zero attached hydrogens (tertiary/aromatic N) is 2. The summed E-state index contributed by atoms with van der Waals surface area (Å²) in [5.41, 5.74) is 1.60. The van der Waals surface area contributed by atoms with Gasteiger partial charge in [-0.05, 0) is 6.92 Å². The predicted octanol–water partition coefficient (Wildman–Crippen LogP) is -0.0582. The third-order valence-corrected chi connectivity index (χ3v) is 1.18. The standard InChI is InChI=1S/C7H8N3O/c1-6-2-10-7(4-9-6)3-8-5-11/h2,4H,3H2,1H3,(H,8,11). The molecule has 1 rings (SSSR count). The third-order valence-electron chi connectivity index (χ3n) is 1.18. The average Bonchev–Trinajstić information content (AvgIpc) is 2.04. The van der Waals surface area contributed by atoms with Crippen LogP contribution in [-0.2, 0) is 11.3 Å². The van der Waals surface area contributed by atoms with E-state index in [2.05, 4.69) is 15.3 Å². The molecule has 0 spiro atoms. The van der Waals surface area contributed by atoms with E-state index in [1.54, 1.807) is 18.8 Å². The maximum absolute atomic E-state index is 9.76. The predicted molar refractivity (Wildman–Crippen MR) is 39.3 cm³/mol. The Kier molecular flexibility index (Phi) is 2.54. The van der Waals surface area contributed by atoms with Gasteiger partial charge in [0.1, 0.15) is 0 Å². The molecule has 0 aliphatic carbocycles. The molecule has 4 heteroatoms.